The quantitative estimate of drug-likeness (QED) is 0.557. The molecular formula is C26H28FN3O5S. The minimum Gasteiger partial charge on any atom is -0.485 e. The van der Waals surface area contributed by atoms with E-state index >= 15 is 0 Å². The summed E-state index contributed by atoms with van der Waals surface area (Å²) in [5.74, 6) is 1.27. The van der Waals surface area contributed by atoms with E-state index in [-0.39, 0.29) is 13.2 Å². The summed E-state index contributed by atoms with van der Waals surface area (Å²) >= 11 is 0. The molecule has 6 rings (SSSR count). The molecule has 3 aliphatic heterocycles. The van der Waals surface area contributed by atoms with Gasteiger partial charge in [-0.05, 0) is 43.5 Å². The Morgan fingerprint density at radius 2 is 1.94 bits per heavy atom. The Morgan fingerprint density at radius 3 is 2.78 bits per heavy atom. The van der Waals surface area contributed by atoms with Gasteiger partial charge >= 0.3 is 0 Å². The molecule has 0 aliphatic carbocycles. The van der Waals surface area contributed by atoms with Gasteiger partial charge in [0.2, 0.25) is 0 Å². The molecule has 190 valence electrons. The molecular weight excluding hydrogens is 485 g/mol. The molecule has 8 nitrogen and oxygen atoms in total. The molecule has 3 aromatic rings. The standard InChI is InChI=1S/C26H28FN3O5S/c1-15-8-18(30-36(32)6-2-3-7-36)11-20-24(15)19(28-14-29-20)9-16-4-5-17(27)10-22(16)35-23-13-34-25-21(31)12-33-26(23)25/h4-5,8,10-11,14,21,23,25-26,31H,2-3,6-7,9,12-13H2,1H3/t21-,23-,25-,26-/m1/s1. The molecule has 4 heterocycles. The lowest BCUT2D eigenvalue weighted by Gasteiger charge is -2.20. The van der Waals surface area contributed by atoms with Crippen LogP contribution in [0.2, 0.25) is 0 Å². The Morgan fingerprint density at radius 1 is 1.14 bits per heavy atom. The lowest BCUT2D eigenvalue weighted by Crippen LogP contribution is -2.34. The summed E-state index contributed by atoms with van der Waals surface area (Å²) in [4.78, 5) is 8.99. The van der Waals surface area contributed by atoms with Crippen LogP contribution in [0.1, 0.15) is 29.7 Å². The molecule has 4 atom stereocenters. The third kappa shape index (κ3) is 4.47. The van der Waals surface area contributed by atoms with Crippen molar-refractivity contribution >= 4 is 26.3 Å². The predicted molar refractivity (Wildman–Crippen MR) is 133 cm³/mol. The highest BCUT2D eigenvalue weighted by atomic mass is 32.2. The van der Waals surface area contributed by atoms with Gasteiger partial charge in [0.15, 0.2) is 6.10 Å². The molecule has 1 aromatic heterocycles. The van der Waals surface area contributed by atoms with E-state index in [1.54, 1.807) is 6.07 Å². The smallest absolute Gasteiger partial charge is 0.151 e. The van der Waals surface area contributed by atoms with Crippen molar-refractivity contribution in [3.8, 4) is 5.75 Å². The molecule has 0 bridgehead atoms. The number of aliphatic hydroxyl groups excluding tert-OH is 1. The maximum atomic E-state index is 14.2. The van der Waals surface area contributed by atoms with Gasteiger partial charge in [0.25, 0.3) is 0 Å². The van der Waals surface area contributed by atoms with E-state index in [4.69, 9.17) is 14.2 Å². The maximum Gasteiger partial charge on any atom is 0.151 e. The van der Waals surface area contributed by atoms with Crippen LogP contribution in [0.3, 0.4) is 0 Å². The molecule has 0 amide bonds. The summed E-state index contributed by atoms with van der Waals surface area (Å²) in [7, 11) is -2.19. The molecule has 2 aromatic carbocycles. The van der Waals surface area contributed by atoms with Gasteiger partial charge in [0.1, 0.15) is 36.2 Å². The van der Waals surface area contributed by atoms with Crippen LogP contribution < -0.4 is 4.74 Å². The monoisotopic (exact) mass is 513 g/mol. The Kier molecular flexibility index (Phi) is 6.15. The zero-order valence-electron chi connectivity index (χ0n) is 19.9. The number of hydrogen-bond donors (Lipinski definition) is 1. The third-order valence-electron chi connectivity index (χ3n) is 7.09. The molecule has 10 heteroatoms. The number of hydrogen-bond acceptors (Lipinski definition) is 8. The second-order valence-corrected chi connectivity index (χ2v) is 12.2. The second kappa shape index (κ2) is 9.33. The average Bonchev–Trinajstić information content (AvgIpc) is 3.54. The Hall–Kier alpha value is -2.66. The van der Waals surface area contributed by atoms with Gasteiger partial charge in [-0.3, -0.25) is 0 Å². The van der Waals surface area contributed by atoms with Crippen LogP contribution in [0.15, 0.2) is 41.0 Å². The SMILES string of the molecule is Cc1cc(N=S2(=O)CCCC2)cc2ncnc(Cc3ccc(F)cc3O[C@@H]3CO[C@H]4[C@@H]3OC[C@H]4O)c12. The third-order valence-corrected chi connectivity index (χ3v) is 9.49. The number of ether oxygens (including phenoxy) is 3. The first-order valence-corrected chi connectivity index (χ1v) is 14.1. The minimum atomic E-state index is -2.19. The van der Waals surface area contributed by atoms with Gasteiger partial charge in [-0.1, -0.05) is 6.07 Å². The zero-order valence-corrected chi connectivity index (χ0v) is 20.7. The Labute approximate surface area is 209 Å². The van der Waals surface area contributed by atoms with E-state index in [1.165, 1.54) is 18.5 Å². The normalized spacial score (nSPS) is 26.9. The van der Waals surface area contributed by atoms with E-state index in [0.717, 1.165) is 40.6 Å². The highest BCUT2D eigenvalue weighted by molar-refractivity contribution is 7.93. The van der Waals surface area contributed by atoms with Crippen LogP contribution in [0.25, 0.3) is 10.9 Å². The van der Waals surface area contributed by atoms with Crippen LogP contribution >= 0.6 is 0 Å². The molecule has 0 spiro atoms. The van der Waals surface area contributed by atoms with E-state index in [0.29, 0.717) is 29.4 Å². The van der Waals surface area contributed by atoms with Gasteiger partial charge in [-0.25, -0.2) is 18.6 Å². The number of aryl methyl sites for hydroxylation is 1. The topological polar surface area (TPSA) is 103 Å². The highest BCUT2D eigenvalue weighted by Crippen LogP contribution is 2.34. The van der Waals surface area contributed by atoms with E-state index in [2.05, 4.69) is 14.3 Å². The highest BCUT2D eigenvalue weighted by Gasteiger charge is 2.48. The lowest BCUT2D eigenvalue weighted by molar-refractivity contribution is 0.00843. The van der Waals surface area contributed by atoms with Crippen molar-refractivity contribution in [2.45, 2.75) is 50.6 Å². The van der Waals surface area contributed by atoms with Crippen molar-refractivity contribution < 1.29 is 27.9 Å². The molecule has 0 saturated carbocycles. The van der Waals surface area contributed by atoms with Gasteiger partial charge in [-0.15, -0.1) is 0 Å². The Balaban J connectivity index is 1.32. The van der Waals surface area contributed by atoms with Gasteiger partial charge in [0, 0.05) is 34.9 Å². The van der Waals surface area contributed by atoms with Crippen LogP contribution in [0.5, 0.6) is 5.75 Å². The molecule has 3 aliphatic rings. The fraction of sp³-hybridized carbons (Fsp3) is 0.462. The fourth-order valence-corrected chi connectivity index (χ4v) is 7.54. The number of halogens is 1. The second-order valence-electron chi connectivity index (χ2n) is 9.70. The number of rotatable bonds is 5. The van der Waals surface area contributed by atoms with E-state index in [9.17, 15) is 13.7 Å². The van der Waals surface area contributed by atoms with E-state index < -0.39 is 40.0 Å². The molecule has 3 fully saturated rings. The lowest BCUT2D eigenvalue weighted by atomic mass is 10.0. The first-order valence-electron chi connectivity index (χ1n) is 12.2. The summed E-state index contributed by atoms with van der Waals surface area (Å²) in [5.41, 5.74) is 3.88. The van der Waals surface area contributed by atoms with Gasteiger partial charge in [0.05, 0.1) is 39.8 Å². The molecule has 0 unspecified atom stereocenters. The van der Waals surface area contributed by atoms with Gasteiger partial charge in [-0.2, -0.15) is 4.36 Å². The van der Waals surface area contributed by atoms with Crippen molar-refractivity contribution in [2.24, 2.45) is 4.36 Å². The number of aliphatic hydroxyl groups is 1. The summed E-state index contributed by atoms with van der Waals surface area (Å²) in [6.45, 7) is 2.42. The van der Waals surface area contributed by atoms with Crippen molar-refractivity contribution in [1.29, 1.82) is 0 Å². The molecule has 1 N–H and O–H groups in total. The van der Waals surface area contributed by atoms with Crippen molar-refractivity contribution in [3.05, 3.63) is 59.3 Å². The van der Waals surface area contributed by atoms with Crippen LogP contribution in [-0.4, -0.2) is 68.4 Å². The number of fused-ring (bicyclic) bond motifs is 2. The van der Waals surface area contributed by atoms with Gasteiger partial charge < -0.3 is 19.3 Å². The predicted octanol–water partition coefficient (Wildman–Crippen LogP) is 3.47. The maximum absolute atomic E-state index is 14.2. The van der Waals surface area contributed by atoms with Crippen LogP contribution in [-0.2, 0) is 25.6 Å². The van der Waals surface area contributed by atoms with Crippen molar-refractivity contribution in [3.63, 3.8) is 0 Å². The first kappa shape index (κ1) is 23.7. The summed E-state index contributed by atoms with van der Waals surface area (Å²) in [6.07, 6.45) is 1.84. The first-order chi connectivity index (χ1) is 17.4. The summed E-state index contributed by atoms with van der Waals surface area (Å²) in [5, 5.41) is 10.9. The summed E-state index contributed by atoms with van der Waals surface area (Å²) in [6, 6.07) is 8.25. The number of aromatic nitrogens is 2. The van der Waals surface area contributed by atoms with E-state index in [1.807, 2.05) is 19.1 Å². The molecule has 0 radical (unpaired) electrons. The van der Waals surface area contributed by atoms with Crippen molar-refractivity contribution in [1.82, 2.24) is 9.97 Å². The fourth-order valence-electron chi connectivity index (χ4n) is 5.35. The largest absolute Gasteiger partial charge is 0.485 e. The molecule has 3 saturated heterocycles. The zero-order chi connectivity index (χ0) is 24.9. The number of benzene rings is 2. The van der Waals surface area contributed by atoms with Crippen molar-refractivity contribution in [2.75, 3.05) is 24.7 Å². The Bertz CT molecular complexity index is 1430. The average molecular weight is 514 g/mol. The molecule has 36 heavy (non-hydrogen) atoms. The number of nitrogens with zero attached hydrogens (tertiary/aromatic N) is 3. The summed E-state index contributed by atoms with van der Waals surface area (Å²) < 4.78 is 49.2. The van der Waals surface area contributed by atoms with Crippen LogP contribution in [0.4, 0.5) is 10.1 Å². The minimum absolute atomic E-state index is 0.195. The van der Waals surface area contributed by atoms with Crippen LogP contribution in [0, 0.1) is 12.7 Å².